The van der Waals surface area contributed by atoms with E-state index in [0.29, 0.717) is 12.3 Å². The van der Waals surface area contributed by atoms with Gasteiger partial charge in [-0.3, -0.25) is 4.79 Å². The van der Waals surface area contributed by atoms with Gasteiger partial charge in [-0.2, -0.15) is 0 Å². The molecular formula is C18H20N2O3S2. The number of carboxylic acids is 1. The van der Waals surface area contributed by atoms with Gasteiger partial charge in [0.1, 0.15) is 11.0 Å². The number of aliphatic carboxylic acids is 1. The molecule has 1 aliphatic carbocycles. The number of nitrogens with zero attached hydrogens (tertiary/aromatic N) is 2. The Morgan fingerprint density at radius 2 is 2.12 bits per heavy atom. The fourth-order valence-electron chi connectivity index (χ4n) is 4.19. The highest BCUT2D eigenvalue weighted by Crippen LogP contribution is 2.40. The van der Waals surface area contributed by atoms with Gasteiger partial charge in [0.25, 0.3) is 0 Å². The van der Waals surface area contributed by atoms with Gasteiger partial charge in [0.2, 0.25) is 5.91 Å². The minimum Gasteiger partial charge on any atom is -0.480 e. The zero-order valence-corrected chi connectivity index (χ0v) is 15.4. The van der Waals surface area contributed by atoms with Gasteiger partial charge < -0.3 is 10.0 Å². The molecule has 7 heteroatoms. The second-order valence-electron chi connectivity index (χ2n) is 6.80. The molecule has 1 aliphatic heterocycles. The van der Waals surface area contributed by atoms with Gasteiger partial charge in [-0.15, -0.1) is 22.7 Å². The molecule has 5 nitrogen and oxygen atoms in total. The fourth-order valence-corrected chi connectivity index (χ4v) is 5.82. The van der Waals surface area contributed by atoms with E-state index in [0.717, 1.165) is 41.3 Å². The van der Waals surface area contributed by atoms with Crippen molar-refractivity contribution in [3.63, 3.8) is 0 Å². The molecule has 4 rings (SSSR count). The summed E-state index contributed by atoms with van der Waals surface area (Å²) in [5.74, 6) is -0.624. The highest BCUT2D eigenvalue weighted by molar-refractivity contribution is 7.20. The number of carboxylic acid groups (broad SMARTS) is 1. The second kappa shape index (κ2) is 6.88. The van der Waals surface area contributed by atoms with Gasteiger partial charge in [0.15, 0.2) is 0 Å². The normalized spacial score (nSPS) is 25.8. The van der Waals surface area contributed by atoms with Crippen LogP contribution >= 0.6 is 22.7 Å². The van der Waals surface area contributed by atoms with E-state index in [1.165, 1.54) is 11.3 Å². The maximum Gasteiger partial charge on any atom is 0.326 e. The van der Waals surface area contributed by atoms with Crippen molar-refractivity contribution in [1.29, 1.82) is 0 Å². The SMILES string of the molecule is O=C(O)C1CC2CCCCC2N1C(=O)Cc1csc(-c2cccs2)n1. The highest BCUT2D eigenvalue weighted by atomic mass is 32.1. The molecule has 2 aliphatic rings. The number of hydrogen-bond donors (Lipinski definition) is 1. The molecule has 0 bridgehead atoms. The minimum atomic E-state index is -0.875. The third-order valence-corrected chi connectivity index (χ3v) is 7.21. The van der Waals surface area contributed by atoms with Crippen LogP contribution < -0.4 is 0 Å². The second-order valence-corrected chi connectivity index (χ2v) is 8.61. The molecule has 2 aromatic heterocycles. The van der Waals surface area contributed by atoms with Gasteiger partial charge in [-0.1, -0.05) is 18.9 Å². The minimum absolute atomic E-state index is 0.0928. The first-order valence-electron chi connectivity index (χ1n) is 8.65. The zero-order valence-electron chi connectivity index (χ0n) is 13.8. The van der Waals surface area contributed by atoms with E-state index in [9.17, 15) is 14.7 Å². The standard InChI is InChI=1S/C18H20N2O3S2/c21-16(9-12-10-25-17(19-12)15-6-3-7-24-15)20-13-5-2-1-4-11(13)8-14(20)18(22)23/h3,6-7,10-11,13-14H,1-2,4-5,8-9H2,(H,22,23). The Balaban J connectivity index is 1.52. The number of aromatic nitrogens is 1. The van der Waals surface area contributed by atoms with Gasteiger partial charge in [0.05, 0.1) is 17.0 Å². The molecule has 0 spiro atoms. The van der Waals surface area contributed by atoms with Crippen molar-refractivity contribution in [3.8, 4) is 9.88 Å². The van der Waals surface area contributed by atoms with Crippen molar-refractivity contribution >= 4 is 34.6 Å². The van der Waals surface area contributed by atoms with Crippen LogP contribution in [0, 0.1) is 5.92 Å². The monoisotopic (exact) mass is 376 g/mol. The summed E-state index contributed by atoms with van der Waals surface area (Å²) in [5.41, 5.74) is 0.738. The summed E-state index contributed by atoms with van der Waals surface area (Å²) in [6, 6.07) is 3.42. The van der Waals surface area contributed by atoms with E-state index in [1.807, 2.05) is 22.9 Å². The van der Waals surface area contributed by atoms with Crippen molar-refractivity contribution in [2.24, 2.45) is 5.92 Å². The van der Waals surface area contributed by atoms with E-state index >= 15 is 0 Å². The van der Waals surface area contributed by atoms with E-state index in [2.05, 4.69) is 4.98 Å². The van der Waals surface area contributed by atoms with E-state index < -0.39 is 12.0 Å². The maximum absolute atomic E-state index is 12.9. The molecule has 2 fully saturated rings. The Bertz CT molecular complexity index is 771. The van der Waals surface area contributed by atoms with Crippen LogP contribution in [0.25, 0.3) is 9.88 Å². The predicted molar refractivity (Wildman–Crippen MR) is 97.8 cm³/mol. The van der Waals surface area contributed by atoms with E-state index in [-0.39, 0.29) is 18.4 Å². The average Bonchev–Trinajstić information content (AvgIpc) is 3.33. The van der Waals surface area contributed by atoms with Crippen LogP contribution in [0.15, 0.2) is 22.9 Å². The van der Waals surface area contributed by atoms with Gasteiger partial charge in [-0.05, 0) is 36.6 Å². The smallest absolute Gasteiger partial charge is 0.326 e. The Labute approximate surface area is 154 Å². The Morgan fingerprint density at radius 3 is 2.88 bits per heavy atom. The Kier molecular flexibility index (Phi) is 4.60. The van der Waals surface area contributed by atoms with Crippen LogP contribution in [0.5, 0.6) is 0 Å². The fraction of sp³-hybridized carbons (Fsp3) is 0.500. The molecule has 0 radical (unpaired) electrons. The lowest BCUT2D eigenvalue weighted by Crippen LogP contribution is -2.46. The van der Waals surface area contributed by atoms with Crippen molar-refractivity contribution in [2.45, 2.75) is 50.6 Å². The number of thiazole rings is 1. The molecule has 25 heavy (non-hydrogen) atoms. The molecule has 2 aromatic rings. The molecule has 0 aromatic carbocycles. The third-order valence-electron chi connectivity index (χ3n) is 5.28. The lowest BCUT2D eigenvalue weighted by atomic mass is 9.84. The molecule has 1 amide bonds. The third kappa shape index (κ3) is 3.22. The number of carbonyl (C=O) groups is 2. The molecular weight excluding hydrogens is 356 g/mol. The Hall–Kier alpha value is -1.73. The number of likely N-dealkylation sites (tertiary alicyclic amines) is 1. The number of carbonyl (C=O) groups excluding carboxylic acids is 1. The Morgan fingerprint density at radius 1 is 1.28 bits per heavy atom. The number of fused-ring (bicyclic) bond motifs is 1. The van der Waals surface area contributed by atoms with Crippen molar-refractivity contribution in [3.05, 3.63) is 28.6 Å². The number of thiophene rings is 1. The summed E-state index contributed by atoms with van der Waals surface area (Å²) < 4.78 is 0. The summed E-state index contributed by atoms with van der Waals surface area (Å²) >= 11 is 3.16. The predicted octanol–water partition coefficient (Wildman–Crippen LogP) is 3.66. The summed E-state index contributed by atoms with van der Waals surface area (Å²) in [7, 11) is 0. The first kappa shape index (κ1) is 16.7. The molecule has 3 heterocycles. The first-order chi connectivity index (χ1) is 12.1. The van der Waals surface area contributed by atoms with Crippen molar-refractivity contribution < 1.29 is 14.7 Å². The molecule has 3 atom stereocenters. The largest absolute Gasteiger partial charge is 0.480 e. The zero-order chi connectivity index (χ0) is 17.4. The van der Waals surface area contributed by atoms with Gasteiger partial charge in [-0.25, -0.2) is 9.78 Å². The van der Waals surface area contributed by atoms with E-state index in [1.54, 1.807) is 16.2 Å². The maximum atomic E-state index is 12.9. The van der Waals surface area contributed by atoms with Crippen molar-refractivity contribution in [1.82, 2.24) is 9.88 Å². The summed E-state index contributed by atoms with van der Waals surface area (Å²) in [6.07, 6.45) is 4.98. The van der Waals surface area contributed by atoms with Gasteiger partial charge in [0, 0.05) is 11.4 Å². The quantitative estimate of drug-likeness (QED) is 0.884. The van der Waals surface area contributed by atoms with Crippen LogP contribution in [0.2, 0.25) is 0 Å². The molecule has 1 saturated carbocycles. The summed E-state index contributed by atoms with van der Waals surface area (Å²) in [6.45, 7) is 0. The molecule has 132 valence electrons. The van der Waals surface area contributed by atoms with Crippen molar-refractivity contribution in [2.75, 3.05) is 0 Å². The average molecular weight is 377 g/mol. The van der Waals surface area contributed by atoms with Crippen LogP contribution in [-0.2, 0) is 16.0 Å². The number of rotatable bonds is 4. The molecule has 3 unspecified atom stereocenters. The van der Waals surface area contributed by atoms with Gasteiger partial charge >= 0.3 is 5.97 Å². The lowest BCUT2D eigenvalue weighted by molar-refractivity contribution is -0.149. The van der Waals surface area contributed by atoms with Crippen LogP contribution in [0.3, 0.4) is 0 Å². The molecule has 1 N–H and O–H groups in total. The number of hydrogen-bond acceptors (Lipinski definition) is 5. The first-order valence-corrected chi connectivity index (χ1v) is 10.4. The number of amides is 1. The lowest BCUT2D eigenvalue weighted by Gasteiger charge is -2.32. The van der Waals surface area contributed by atoms with Crippen LogP contribution in [0.1, 0.15) is 37.8 Å². The summed E-state index contributed by atoms with van der Waals surface area (Å²) in [4.78, 5) is 31.9. The van der Waals surface area contributed by atoms with Crippen LogP contribution in [0.4, 0.5) is 0 Å². The van der Waals surface area contributed by atoms with E-state index in [4.69, 9.17) is 0 Å². The highest BCUT2D eigenvalue weighted by Gasteiger charge is 2.47. The van der Waals surface area contributed by atoms with Crippen LogP contribution in [-0.4, -0.2) is 39.0 Å². The topological polar surface area (TPSA) is 70.5 Å². The summed E-state index contributed by atoms with van der Waals surface area (Å²) in [5, 5.41) is 14.4. The molecule has 1 saturated heterocycles.